The van der Waals surface area contributed by atoms with Gasteiger partial charge in [0, 0.05) is 36.4 Å². The molecule has 0 aliphatic carbocycles. The third-order valence-corrected chi connectivity index (χ3v) is 6.52. The van der Waals surface area contributed by atoms with Gasteiger partial charge in [0.25, 0.3) is 15.9 Å². The lowest BCUT2D eigenvalue weighted by atomic mass is 10.0. The number of halogens is 1. The maximum Gasteiger partial charge on any atom is 0.261 e. The SMILES string of the molecule is CC(C)N1CCC(NC(=O)c2ccc(S(=O)(=O)Nc3ccc(F)cc3)cc2)CC1. The number of rotatable bonds is 6. The molecule has 29 heavy (non-hydrogen) atoms. The molecule has 1 saturated heterocycles. The smallest absolute Gasteiger partial charge is 0.261 e. The van der Waals surface area contributed by atoms with E-state index in [0.29, 0.717) is 11.6 Å². The normalized spacial score (nSPS) is 16.0. The number of nitrogens with one attached hydrogen (secondary N) is 2. The number of hydrogen-bond donors (Lipinski definition) is 2. The molecule has 0 bridgehead atoms. The molecule has 2 N–H and O–H groups in total. The molecule has 6 nitrogen and oxygen atoms in total. The van der Waals surface area contributed by atoms with Crippen LogP contribution in [0.1, 0.15) is 37.0 Å². The Morgan fingerprint density at radius 3 is 2.17 bits per heavy atom. The number of hydrogen-bond acceptors (Lipinski definition) is 4. The lowest BCUT2D eigenvalue weighted by molar-refractivity contribution is 0.0900. The van der Waals surface area contributed by atoms with Crippen molar-refractivity contribution in [3.63, 3.8) is 0 Å². The van der Waals surface area contributed by atoms with E-state index in [0.717, 1.165) is 25.9 Å². The molecule has 0 radical (unpaired) electrons. The topological polar surface area (TPSA) is 78.5 Å². The fourth-order valence-corrected chi connectivity index (χ4v) is 4.41. The minimum atomic E-state index is -3.82. The van der Waals surface area contributed by atoms with Crippen LogP contribution in [0.15, 0.2) is 53.4 Å². The van der Waals surface area contributed by atoms with Crippen LogP contribution >= 0.6 is 0 Å². The molecule has 2 aromatic rings. The molecule has 1 amide bonds. The summed E-state index contributed by atoms with van der Waals surface area (Å²) < 4.78 is 40.3. The summed E-state index contributed by atoms with van der Waals surface area (Å²) in [6.07, 6.45) is 1.80. The minimum Gasteiger partial charge on any atom is -0.349 e. The number of benzene rings is 2. The second-order valence-electron chi connectivity index (χ2n) is 7.51. The van der Waals surface area contributed by atoms with E-state index in [1.807, 2.05) is 0 Å². The van der Waals surface area contributed by atoms with Crippen LogP contribution < -0.4 is 10.0 Å². The Hall–Kier alpha value is -2.45. The zero-order valence-electron chi connectivity index (χ0n) is 16.6. The van der Waals surface area contributed by atoms with Gasteiger partial charge in [-0.25, -0.2) is 12.8 Å². The lowest BCUT2D eigenvalue weighted by Gasteiger charge is -2.34. The highest BCUT2D eigenvalue weighted by atomic mass is 32.2. The second-order valence-corrected chi connectivity index (χ2v) is 9.20. The Kier molecular flexibility index (Phi) is 6.54. The van der Waals surface area contributed by atoms with Crippen molar-refractivity contribution in [2.45, 2.75) is 43.7 Å². The number of likely N-dealkylation sites (tertiary alicyclic amines) is 1. The summed E-state index contributed by atoms with van der Waals surface area (Å²) in [6, 6.07) is 11.5. The standard InChI is InChI=1S/C21H26FN3O3S/c1-15(2)25-13-11-18(12-14-25)23-21(26)16-3-9-20(10-4-16)29(27,28)24-19-7-5-17(22)6-8-19/h3-10,15,18,24H,11-14H2,1-2H3,(H,23,26). The predicted molar refractivity (Wildman–Crippen MR) is 111 cm³/mol. The van der Waals surface area contributed by atoms with Gasteiger partial charge in [-0.3, -0.25) is 9.52 Å². The zero-order chi connectivity index (χ0) is 21.0. The number of piperidine rings is 1. The maximum atomic E-state index is 13.0. The number of amides is 1. The average Bonchev–Trinajstić information content (AvgIpc) is 2.70. The predicted octanol–water partition coefficient (Wildman–Crippen LogP) is 3.23. The van der Waals surface area contributed by atoms with Crippen molar-refractivity contribution in [3.8, 4) is 0 Å². The van der Waals surface area contributed by atoms with E-state index in [2.05, 4.69) is 28.8 Å². The number of carbonyl (C=O) groups excluding carboxylic acids is 1. The monoisotopic (exact) mass is 419 g/mol. The van der Waals surface area contributed by atoms with Crippen LogP contribution in [-0.2, 0) is 10.0 Å². The molecule has 0 atom stereocenters. The van der Waals surface area contributed by atoms with Gasteiger partial charge in [-0.15, -0.1) is 0 Å². The van der Waals surface area contributed by atoms with Gasteiger partial charge in [0.05, 0.1) is 4.90 Å². The number of sulfonamides is 1. The molecule has 8 heteroatoms. The first-order chi connectivity index (χ1) is 13.7. The number of anilines is 1. The molecule has 1 heterocycles. The molecule has 0 spiro atoms. The van der Waals surface area contributed by atoms with Crippen LogP contribution in [0, 0.1) is 5.82 Å². The van der Waals surface area contributed by atoms with Gasteiger partial charge < -0.3 is 10.2 Å². The Labute approximate surface area is 171 Å². The molecule has 3 rings (SSSR count). The quantitative estimate of drug-likeness (QED) is 0.754. The highest BCUT2D eigenvalue weighted by Crippen LogP contribution is 2.18. The van der Waals surface area contributed by atoms with Crippen LogP contribution in [0.5, 0.6) is 0 Å². The van der Waals surface area contributed by atoms with E-state index in [4.69, 9.17) is 0 Å². The van der Waals surface area contributed by atoms with Crippen molar-refractivity contribution in [3.05, 3.63) is 59.9 Å². The molecule has 1 aliphatic heterocycles. The Morgan fingerprint density at radius 2 is 1.62 bits per heavy atom. The highest BCUT2D eigenvalue weighted by Gasteiger charge is 2.23. The van der Waals surface area contributed by atoms with E-state index in [-0.39, 0.29) is 22.5 Å². The van der Waals surface area contributed by atoms with Crippen molar-refractivity contribution in [1.82, 2.24) is 10.2 Å². The molecule has 0 saturated carbocycles. The summed E-state index contributed by atoms with van der Waals surface area (Å²) in [6.45, 7) is 6.24. The summed E-state index contributed by atoms with van der Waals surface area (Å²) in [5.74, 6) is -0.651. The summed E-state index contributed by atoms with van der Waals surface area (Å²) in [5, 5.41) is 3.03. The van der Waals surface area contributed by atoms with Crippen LogP contribution in [0.2, 0.25) is 0 Å². The Bertz CT molecular complexity index is 936. The summed E-state index contributed by atoms with van der Waals surface area (Å²) >= 11 is 0. The molecule has 1 aliphatic rings. The molecular weight excluding hydrogens is 393 g/mol. The van der Waals surface area contributed by atoms with Crippen LogP contribution in [0.4, 0.5) is 10.1 Å². The Balaban J connectivity index is 1.60. The van der Waals surface area contributed by atoms with Gasteiger partial charge in [-0.2, -0.15) is 0 Å². The van der Waals surface area contributed by atoms with E-state index in [1.165, 1.54) is 48.5 Å². The second kappa shape index (κ2) is 8.92. The third-order valence-electron chi connectivity index (χ3n) is 5.12. The van der Waals surface area contributed by atoms with Crippen molar-refractivity contribution in [1.29, 1.82) is 0 Å². The van der Waals surface area contributed by atoms with Crippen LogP contribution in [-0.4, -0.2) is 44.4 Å². The molecule has 2 aromatic carbocycles. The minimum absolute atomic E-state index is 0.0311. The fraction of sp³-hybridized carbons (Fsp3) is 0.381. The van der Waals surface area contributed by atoms with Crippen LogP contribution in [0.25, 0.3) is 0 Å². The van der Waals surface area contributed by atoms with Gasteiger partial charge >= 0.3 is 0 Å². The van der Waals surface area contributed by atoms with Gasteiger partial charge in [0.1, 0.15) is 5.82 Å². The van der Waals surface area contributed by atoms with Gasteiger partial charge in [0.2, 0.25) is 0 Å². The van der Waals surface area contributed by atoms with Gasteiger partial charge in [-0.05, 0) is 75.2 Å². The van der Waals surface area contributed by atoms with Gasteiger partial charge in [0.15, 0.2) is 0 Å². The van der Waals surface area contributed by atoms with Crippen molar-refractivity contribution in [2.24, 2.45) is 0 Å². The Morgan fingerprint density at radius 1 is 1.03 bits per heavy atom. The summed E-state index contributed by atoms with van der Waals surface area (Å²) in [5.41, 5.74) is 0.679. The third kappa shape index (κ3) is 5.55. The van der Waals surface area contributed by atoms with E-state index in [1.54, 1.807) is 0 Å². The molecule has 1 fully saturated rings. The molecule has 156 valence electrons. The van der Waals surface area contributed by atoms with E-state index < -0.39 is 15.8 Å². The maximum absolute atomic E-state index is 13.0. The van der Waals surface area contributed by atoms with Gasteiger partial charge in [-0.1, -0.05) is 0 Å². The summed E-state index contributed by atoms with van der Waals surface area (Å²) in [4.78, 5) is 14.9. The lowest BCUT2D eigenvalue weighted by Crippen LogP contribution is -2.46. The molecule has 0 unspecified atom stereocenters. The van der Waals surface area contributed by atoms with Crippen molar-refractivity contribution < 1.29 is 17.6 Å². The summed E-state index contributed by atoms with van der Waals surface area (Å²) in [7, 11) is -3.82. The largest absolute Gasteiger partial charge is 0.349 e. The first-order valence-corrected chi connectivity index (χ1v) is 11.2. The average molecular weight is 420 g/mol. The van der Waals surface area contributed by atoms with E-state index >= 15 is 0 Å². The first-order valence-electron chi connectivity index (χ1n) is 9.68. The van der Waals surface area contributed by atoms with Crippen molar-refractivity contribution in [2.75, 3.05) is 17.8 Å². The molecular formula is C21H26FN3O3S. The highest BCUT2D eigenvalue weighted by molar-refractivity contribution is 7.92. The van der Waals surface area contributed by atoms with Crippen LogP contribution in [0.3, 0.4) is 0 Å². The fourth-order valence-electron chi connectivity index (χ4n) is 3.35. The van der Waals surface area contributed by atoms with E-state index in [9.17, 15) is 17.6 Å². The number of nitrogens with zero attached hydrogens (tertiary/aromatic N) is 1. The first kappa shape index (κ1) is 21.3. The zero-order valence-corrected chi connectivity index (χ0v) is 17.4. The molecule has 0 aromatic heterocycles. The van der Waals surface area contributed by atoms with Crippen molar-refractivity contribution >= 4 is 21.6 Å². The number of carbonyl (C=O) groups is 1.